The smallest absolute Gasteiger partial charge is 0.416 e. The zero-order valence-corrected chi connectivity index (χ0v) is 15.7. The van der Waals surface area contributed by atoms with Gasteiger partial charge in [0.25, 0.3) is 5.91 Å². The summed E-state index contributed by atoms with van der Waals surface area (Å²) in [4.78, 5) is 27.1. The van der Waals surface area contributed by atoms with Gasteiger partial charge in [0.05, 0.1) is 17.0 Å². The average Bonchev–Trinajstić information content (AvgIpc) is 3.36. The number of amides is 2. The van der Waals surface area contributed by atoms with Crippen LogP contribution in [0.3, 0.4) is 0 Å². The molecular formula is C19H19F3N2O3S. The Bertz CT molecular complexity index is 824. The van der Waals surface area contributed by atoms with Crippen LogP contribution in [0.2, 0.25) is 0 Å². The third kappa shape index (κ3) is 4.83. The first-order valence-electron chi connectivity index (χ1n) is 8.78. The number of rotatable bonds is 6. The summed E-state index contributed by atoms with van der Waals surface area (Å²) < 4.78 is 43.4. The first kappa shape index (κ1) is 20.2. The number of carbonyl (C=O) groups is 2. The zero-order chi connectivity index (χ0) is 20.1. The van der Waals surface area contributed by atoms with Crippen LogP contribution in [0.1, 0.15) is 28.1 Å². The van der Waals surface area contributed by atoms with E-state index in [0.29, 0.717) is 17.8 Å². The minimum atomic E-state index is -4.44. The molecule has 9 heteroatoms. The molecule has 28 heavy (non-hydrogen) atoms. The van der Waals surface area contributed by atoms with Gasteiger partial charge in [-0.25, -0.2) is 0 Å². The van der Waals surface area contributed by atoms with Gasteiger partial charge >= 0.3 is 6.18 Å². The SMILES string of the molecule is O=C(NCCOc1cccc(C(F)(F)F)c1)[C@@H]1CCCN1C(=O)c1cccs1. The van der Waals surface area contributed by atoms with Gasteiger partial charge in [-0.2, -0.15) is 13.2 Å². The van der Waals surface area contributed by atoms with E-state index in [2.05, 4.69) is 5.32 Å². The largest absolute Gasteiger partial charge is 0.492 e. The maximum atomic E-state index is 12.7. The molecule has 1 saturated heterocycles. The van der Waals surface area contributed by atoms with Crippen LogP contribution >= 0.6 is 11.3 Å². The van der Waals surface area contributed by atoms with Gasteiger partial charge in [0.2, 0.25) is 5.91 Å². The lowest BCUT2D eigenvalue weighted by Crippen LogP contribution is -2.46. The molecule has 1 aromatic heterocycles. The molecule has 1 N–H and O–H groups in total. The molecule has 0 unspecified atom stereocenters. The summed E-state index contributed by atoms with van der Waals surface area (Å²) in [6, 6.07) is 7.55. The summed E-state index contributed by atoms with van der Waals surface area (Å²) in [6.45, 7) is 0.681. The van der Waals surface area contributed by atoms with Crippen molar-refractivity contribution >= 4 is 23.2 Å². The molecule has 2 aromatic rings. The second-order valence-electron chi connectivity index (χ2n) is 6.30. The quantitative estimate of drug-likeness (QED) is 0.738. The Kier molecular flexibility index (Phi) is 6.23. The number of thiophene rings is 1. The van der Waals surface area contributed by atoms with Crippen LogP contribution in [0.5, 0.6) is 5.75 Å². The molecule has 1 aromatic carbocycles. The van der Waals surface area contributed by atoms with E-state index in [0.717, 1.165) is 18.6 Å². The Labute approximate surface area is 164 Å². The van der Waals surface area contributed by atoms with Gasteiger partial charge in [0.15, 0.2) is 0 Å². The van der Waals surface area contributed by atoms with E-state index in [-0.39, 0.29) is 30.7 Å². The molecule has 2 heterocycles. The monoisotopic (exact) mass is 412 g/mol. The highest BCUT2D eigenvalue weighted by molar-refractivity contribution is 7.12. The van der Waals surface area contributed by atoms with Crippen molar-refractivity contribution < 1.29 is 27.5 Å². The van der Waals surface area contributed by atoms with Gasteiger partial charge in [-0.05, 0) is 42.5 Å². The van der Waals surface area contributed by atoms with E-state index in [4.69, 9.17) is 4.74 Å². The third-order valence-electron chi connectivity index (χ3n) is 4.38. The maximum Gasteiger partial charge on any atom is 0.416 e. The van der Waals surface area contributed by atoms with Crippen molar-refractivity contribution in [2.24, 2.45) is 0 Å². The minimum Gasteiger partial charge on any atom is -0.492 e. The summed E-state index contributed by atoms with van der Waals surface area (Å²) in [5, 5.41) is 4.50. The van der Waals surface area contributed by atoms with E-state index in [1.807, 2.05) is 5.38 Å². The van der Waals surface area contributed by atoms with Crippen LogP contribution in [0.15, 0.2) is 41.8 Å². The van der Waals surface area contributed by atoms with Crippen molar-refractivity contribution in [3.63, 3.8) is 0 Å². The van der Waals surface area contributed by atoms with Gasteiger partial charge in [-0.15, -0.1) is 11.3 Å². The van der Waals surface area contributed by atoms with Crippen molar-refractivity contribution in [2.45, 2.75) is 25.1 Å². The highest BCUT2D eigenvalue weighted by Gasteiger charge is 2.34. The molecule has 0 saturated carbocycles. The van der Waals surface area contributed by atoms with E-state index < -0.39 is 17.8 Å². The molecule has 0 bridgehead atoms. The van der Waals surface area contributed by atoms with Crippen LogP contribution in [-0.4, -0.2) is 42.5 Å². The highest BCUT2D eigenvalue weighted by atomic mass is 32.1. The zero-order valence-electron chi connectivity index (χ0n) is 14.9. The number of likely N-dealkylation sites (tertiary alicyclic amines) is 1. The van der Waals surface area contributed by atoms with Crippen molar-refractivity contribution in [1.82, 2.24) is 10.2 Å². The Morgan fingerprint density at radius 3 is 2.79 bits per heavy atom. The first-order chi connectivity index (χ1) is 13.4. The molecule has 1 fully saturated rings. The normalized spacial score (nSPS) is 16.8. The number of alkyl halides is 3. The molecular weight excluding hydrogens is 393 g/mol. The summed E-state index contributed by atoms with van der Waals surface area (Å²) in [6.07, 6.45) is -3.11. The van der Waals surface area contributed by atoms with E-state index in [1.165, 1.54) is 23.5 Å². The van der Waals surface area contributed by atoms with E-state index in [1.54, 1.807) is 17.0 Å². The highest BCUT2D eigenvalue weighted by Crippen LogP contribution is 2.31. The summed E-state index contributed by atoms with van der Waals surface area (Å²) in [7, 11) is 0. The molecule has 2 amide bonds. The van der Waals surface area contributed by atoms with Crippen molar-refractivity contribution in [3.05, 3.63) is 52.2 Å². The second-order valence-corrected chi connectivity index (χ2v) is 7.25. The minimum absolute atomic E-state index is 0.0264. The summed E-state index contributed by atoms with van der Waals surface area (Å²) >= 11 is 1.33. The number of carbonyl (C=O) groups excluding carboxylic acids is 2. The molecule has 1 aliphatic heterocycles. The van der Waals surface area contributed by atoms with Crippen LogP contribution < -0.4 is 10.1 Å². The number of benzene rings is 1. The predicted octanol–water partition coefficient (Wildman–Crippen LogP) is 3.57. The van der Waals surface area contributed by atoms with Gasteiger partial charge in [-0.1, -0.05) is 12.1 Å². The number of halogens is 3. The van der Waals surface area contributed by atoms with E-state index >= 15 is 0 Å². The van der Waals surface area contributed by atoms with Gasteiger partial charge < -0.3 is 15.0 Å². The third-order valence-corrected chi connectivity index (χ3v) is 5.24. The number of hydrogen-bond acceptors (Lipinski definition) is 4. The van der Waals surface area contributed by atoms with Crippen LogP contribution in [-0.2, 0) is 11.0 Å². The lowest BCUT2D eigenvalue weighted by Gasteiger charge is -2.23. The second kappa shape index (κ2) is 8.64. The first-order valence-corrected chi connectivity index (χ1v) is 9.66. The number of ether oxygens (including phenoxy) is 1. The van der Waals surface area contributed by atoms with Crippen LogP contribution in [0.25, 0.3) is 0 Å². The molecule has 5 nitrogen and oxygen atoms in total. The van der Waals surface area contributed by atoms with Crippen molar-refractivity contribution in [3.8, 4) is 5.75 Å². The van der Waals surface area contributed by atoms with E-state index in [9.17, 15) is 22.8 Å². The number of nitrogens with zero attached hydrogens (tertiary/aromatic N) is 1. The summed E-state index contributed by atoms with van der Waals surface area (Å²) in [5.74, 6) is -0.359. The number of nitrogens with one attached hydrogen (secondary N) is 1. The van der Waals surface area contributed by atoms with Crippen LogP contribution in [0, 0.1) is 0 Å². The molecule has 150 valence electrons. The van der Waals surface area contributed by atoms with Gasteiger partial charge in [-0.3, -0.25) is 9.59 Å². The predicted molar refractivity (Wildman–Crippen MR) is 98.3 cm³/mol. The topological polar surface area (TPSA) is 58.6 Å². The fraction of sp³-hybridized carbons (Fsp3) is 0.368. The Hall–Kier alpha value is -2.55. The average molecular weight is 412 g/mol. The lowest BCUT2D eigenvalue weighted by molar-refractivity contribution is -0.137. The van der Waals surface area contributed by atoms with Crippen molar-refractivity contribution in [2.75, 3.05) is 19.7 Å². The molecule has 0 aliphatic carbocycles. The van der Waals surface area contributed by atoms with Crippen LogP contribution in [0.4, 0.5) is 13.2 Å². The molecule has 0 spiro atoms. The Morgan fingerprint density at radius 1 is 1.25 bits per heavy atom. The molecule has 3 rings (SSSR count). The lowest BCUT2D eigenvalue weighted by atomic mass is 10.2. The Morgan fingerprint density at radius 2 is 2.07 bits per heavy atom. The number of hydrogen-bond donors (Lipinski definition) is 1. The fourth-order valence-corrected chi connectivity index (χ4v) is 3.73. The molecule has 0 radical (unpaired) electrons. The molecule has 1 aliphatic rings. The van der Waals surface area contributed by atoms with Gasteiger partial charge in [0.1, 0.15) is 18.4 Å². The maximum absolute atomic E-state index is 12.7. The fourth-order valence-electron chi connectivity index (χ4n) is 3.05. The van der Waals surface area contributed by atoms with Gasteiger partial charge in [0, 0.05) is 6.54 Å². The summed E-state index contributed by atoms with van der Waals surface area (Å²) in [5.41, 5.74) is -0.789. The standard InChI is InChI=1S/C19H19F3N2O3S/c20-19(21,22)13-4-1-5-14(12-13)27-10-8-23-17(25)15-6-2-9-24(15)18(26)16-7-3-11-28-16/h1,3-5,7,11-12,15H,2,6,8-10H2,(H,23,25)/t15-/m0/s1. The Balaban J connectivity index is 1.48. The van der Waals surface area contributed by atoms with Crippen molar-refractivity contribution in [1.29, 1.82) is 0 Å². The molecule has 1 atom stereocenters.